The van der Waals surface area contributed by atoms with Crippen molar-refractivity contribution in [3.63, 3.8) is 0 Å². The van der Waals surface area contributed by atoms with Crippen molar-refractivity contribution >= 4 is 11.8 Å². The summed E-state index contributed by atoms with van der Waals surface area (Å²) < 4.78 is 16.9. The normalized spacial score (nSPS) is 21.2. The number of carbonyl (C=O) groups excluding carboxylic acids is 2. The lowest BCUT2D eigenvalue weighted by Gasteiger charge is -2.35. The zero-order valence-corrected chi connectivity index (χ0v) is 15.9. The zero-order chi connectivity index (χ0) is 19.5. The number of para-hydroxylation sites is 2. The lowest BCUT2D eigenvalue weighted by atomic mass is 9.96. The van der Waals surface area contributed by atoms with E-state index in [1.54, 1.807) is 29.0 Å². The van der Waals surface area contributed by atoms with Crippen molar-refractivity contribution in [3.05, 3.63) is 48.4 Å². The summed E-state index contributed by atoms with van der Waals surface area (Å²) in [6.07, 6.45) is 2.84. The van der Waals surface area contributed by atoms with E-state index in [1.165, 1.54) is 6.26 Å². The number of hydrogen-bond donors (Lipinski definition) is 0. The van der Waals surface area contributed by atoms with Gasteiger partial charge in [0.2, 0.25) is 5.91 Å². The Morgan fingerprint density at radius 2 is 2.00 bits per heavy atom. The fraction of sp³-hybridized carbons (Fsp3) is 0.429. The Balaban J connectivity index is 1.34. The van der Waals surface area contributed by atoms with Gasteiger partial charge >= 0.3 is 0 Å². The molecule has 28 heavy (non-hydrogen) atoms. The van der Waals surface area contributed by atoms with Crippen LogP contribution in [0.5, 0.6) is 11.5 Å². The van der Waals surface area contributed by atoms with Crippen LogP contribution in [-0.2, 0) is 4.79 Å². The van der Waals surface area contributed by atoms with Crippen molar-refractivity contribution in [1.29, 1.82) is 0 Å². The molecule has 2 amide bonds. The number of fused-ring (bicyclic) bond motifs is 1. The molecule has 0 N–H and O–H groups in total. The first-order valence-electron chi connectivity index (χ1n) is 9.58. The summed E-state index contributed by atoms with van der Waals surface area (Å²) in [5.74, 6) is 1.40. The maximum atomic E-state index is 12.9. The first kappa shape index (κ1) is 18.4. The minimum atomic E-state index is -0.215. The number of likely N-dealkylation sites (N-methyl/N-ethyl adjacent to an activating group) is 1. The molecular formula is C21H24N2O5. The number of hydrogen-bond acceptors (Lipinski definition) is 5. The smallest absolute Gasteiger partial charge is 0.289 e. The van der Waals surface area contributed by atoms with E-state index in [0.717, 1.165) is 18.6 Å². The molecule has 1 aromatic heterocycles. The van der Waals surface area contributed by atoms with Gasteiger partial charge in [-0.2, -0.15) is 0 Å². The summed E-state index contributed by atoms with van der Waals surface area (Å²) in [7, 11) is 1.78. The van der Waals surface area contributed by atoms with Gasteiger partial charge in [-0.3, -0.25) is 9.59 Å². The highest BCUT2D eigenvalue weighted by Gasteiger charge is 2.32. The molecule has 0 radical (unpaired) electrons. The lowest BCUT2D eigenvalue weighted by molar-refractivity contribution is -0.137. The number of amides is 2. The van der Waals surface area contributed by atoms with Gasteiger partial charge < -0.3 is 23.7 Å². The van der Waals surface area contributed by atoms with Crippen molar-refractivity contribution in [1.82, 2.24) is 9.80 Å². The first-order valence-corrected chi connectivity index (χ1v) is 9.58. The van der Waals surface area contributed by atoms with Gasteiger partial charge in [-0.25, -0.2) is 0 Å². The predicted octanol–water partition coefficient (Wildman–Crippen LogP) is 2.43. The number of rotatable bonds is 4. The van der Waals surface area contributed by atoms with Crippen LogP contribution in [0.15, 0.2) is 47.1 Å². The second-order valence-corrected chi connectivity index (χ2v) is 7.28. The summed E-state index contributed by atoms with van der Waals surface area (Å²) in [5.41, 5.74) is 0. The largest absolute Gasteiger partial charge is 0.486 e. The fourth-order valence-electron chi connectivity index (χ4n) is 3.78. The third-order valence-corrected chi connectivity index (χ3v) is 5.21. The van der Waals surface area contributed by atoms with E-state index in [9.17, 15) is 9.59 Å². The Hall–Kier alpha value is -2.96. The van der Waals surface area contributed by atoms with Crippen LogP contribution in [0.1, 0.15) is 23.4 Å². The van der Waals surface area contributed by atoms with Crippen molar-refractivity contribution in [2.75, 3.05) is 33.3 Å². The van der Waals surface area contributed by atoms with Gasteiger partial charge in [-0.05, 0) is 37.1 Å². The van der Waals surface area contributed by atoms with Crippen LogP contribution in [-0.4, -0.2) is 61.0 Å². The first-order chi connectivity index (χ1) is 13.6. The summed E-state index contributed by atoms with van der Waals surface area (Å²) in [6, 6.07) is 10.9. The zero-order valence-electron chi connectivity index (χ0n) is 15.9. The highest BCUT2D eigenvalue weighted by molar-refractivity contribution is 5.92. The molecule has 2 aromatic rings. The Bertz CT molecular complexity index is 835. The van der Waals surface area contributed by atoms with Crippen molar-refractivity contribution in [3.8, 4) is 11.5 Å². The molecule has 0 aliphatic carbocycles. The Morgan fingerprint density at radius 3 is 2.79 bits per heavy atom. The number of carbonyl (C=O) groups is 2. The van der Waals surface area contributed by atoms with E-state index in [-0.39, 0.29) is 23.8 Å². The highest BCUT2D eigenvalue weighted by Crippen LogP contribution is 2.31. The molecule has 0 unspecified atom stereocenters. The molecular weight excluding hydrogens is 360 g/mol. The lowest BCUT2D eigenvalue weighted by Crippen LogP contribution is -2.48. The topological polar surface area (TPSA) is 72.2 Å². The maximum absolute atomic E-state index is 12.9. The van der Waals surface area contributed by atoms with Gasteiger partial charge in [-0.1, -0.05) is 12.1 Å². The Labute approximate surface area is 163 Å². The van der Waals surface area contributed by atoms with Crippen LogP contribution >= 0.6 is 0 Å². The third-order valence-electron chi connectivity index (χ3n) is 5.21. The van der Waals surface area contributed by atoms with Crippen LogP contribution in [0, 0.1) is 5.92 Å². The molecule has 1 aromatic carbocycles. The molecule has 1 fully saturated rings. The molecule has 1 saturated heterocycles. The SMILES string of the molecule is CN(C[C@H]1COc2ccccc2O1)C(=O)[C@H]1CCCN(C(=O)c2ccco2)C1. The number of nitrogens with zero attached hydrogens (tertiary/aromatic N) is 2. The predicted molar refractivity (Wildman–Crippen MR) is 101 cm³/mol. The van der Waals surface area contributed by atoms with E-state index < -0.39 is 0 Å². The second-order valence-electron chi connectivity index (χ2n) is 7.28. The minimum absolute atomic E-state index is 0.0272. The van der Waals surface area contributed by atoms with Gasteiger partial charge in [0.15, 0.2) is 23.4 Å². The number of ether oxygens (including phenoxy) is 2. The molecule has 2 aliphatic rings. The van der Waals surface area contributed by atoms with Gasteiger partial charge in [0.25, 0.3) is 5.91 Å². The van der Waals surface area contributed by atoms with Gasteiger partial charge in [0.1, 0.15) is 6.61 Å². The average molecular weight is 384 g/mol. The van der Waals surface area contributed by atoms with E-state index in [2.05, 4.69) is 0 Å². The van der Waals surface area contributed by atoms with Crippen LogP contribution in [0.4, 0.5) is 0 Å². The monoisotopic (exact) mass is 384 g/mol. The van der Waals surface area contributed by atoms with Crippen LogP contribution in [0.3, 0.4) is 0 Å². The van der Waals surface area contributed by atoms with Crippen LogP contribution in [0.2, 0.25) is 0 Å². The second kappa shape index (κ2) is 7.96. The van der Waals surface area contributed by atoms with Crippen molar-refractivity contribution < 1.29 is 23.5 Å². The minimum Gasteiger partial charge on any atom is -0.486 e. The maximum Gasteiger partial charge on any atom is 0.289 e. The van der Waals surface area contributed by atoms with E-state index in [1.807, 2.05) is 24.3 Å². The molecule has 0 bridgehead atoms. The quantitative estimate of drug-likeness (QED) is 0.810. The molecule has 2 atom stereocenters. The summed E-state index contributed by atoms with van der Waals surface area (Å²) >= 11 is 0. The molecule has 0 spiro atoms. The Kier molecular flexibility index (Phi) is 5.23. The van der Waals surface area contributed by atoms with Gasteiger partial charge in [0.05, 0.1) is 18.7 Å². The molecule has 7 nitrogen and oxygen atoms in total. The summed E-state index contributed by atoms with van der Waals surface area (Å²) in [5, 5.41) is 0. The molecule has 148 valence electrons. The number of likely N-dealkylation sites (tertiary alicyclic amines) is 1. The van der Waals surface area contributed by atoms with E-state index in [4.69, 9.17) is 13.9 Å². The molecule has 3 heterocycles. The van der Waals surface area contributed by atoms with Gasteiger partial charge in [-0.15, -0.1) is 0 Å². The highest BCUT2D eigenvalue weighted by atomic mass is 16.6. The van der Waals surface area contributed by atoms with Crippen molar-refractivity contribution in [2.45, 2.75) is 18.9 Å². The summed E-state index contributed by atoms with van der Waals surface area (Å²) in [6.45, 7) is 1.90. The van der Waals surface area contributed by atoms with Crippen LogP contribution < -0.4 is 9.47 Å². The standard InChI is InChI=1S/C21H24N2O5/c1-22(13-16-14-27-17-7-2-3-8-18(17)28-16)20(24)15-6-4-10-23(12-15)21(25)19-9-5-11-26-19/h2-3,5,7-9,11,15-16H,4,6,10,12-14H2,1H3/t15-,16-/m0/s1. The Morgan fingerprint density at radius 1 is 1.18 bits per heavy atom. The van der Waals surface area contributed by atoms with Gasteiger partial charge in [0, 0.05) is 20.1 Å². The average Bonchev–Trinajstić information content (AvgIpc) is 3.27. The van der Waals surface area contributed by atoms with Crippen molar-refractivity contribution in [2.24, 2.45) is 5.92 Å². The van der Waals surface area contributed by atoms with E-state index >= 15 is 0 Å². The third kappa shape index (κ3) is 3.83. The number of benzene rings is 1. The molecule has 2 aliphatic heterocycles. The molecule has 7 heteroatoms. The number of piperidine rings is 1. The molecule has 4 rings (SSSR count). The summed E-state index contributed by atoms with van der Waals surface area (Å²) in [4.78, 5) is 28.8. The van der Waals surface area contributed by atoms with Crippen LogP contribution in [0.25, 0.3) is 0 Å². The molecule has 0 saturated carbocycles. The fourth-order valence-corrected chi connectivity index (χ4v) is 3.78. The number of furan rings is 1. The van der Waals surface area contributed by atoms with E-state index in [0.29, 0.717) is 37.8 Å².